The third kappa shape index (κ3) is 3.41. The van der Waals surface area contributed by atoms with Gasteiger partial charge >= 0.3 is 0 Å². The highest BCUT2D eigenvalue weighted by Crippen LogP contribution is 2.27. The maximum atomic E-state index is 5.97. The van der Waals surface area contributed by atoms with Crippen LogP contribution < -0.4 is 15.2 Å². The van der Waals surface area contributed by atoms with Crippen molar-refractivity contribution in [3.8, 4) is 11.5 Å². The van der Waals surface area contributed by atoms with Gasteiger partial charge in [0.1, 0.15) is 11.5 Å². The van der Waals surface area contributed by atoms with Crippen molar-refractivity contribution in [3.63, 3.8) is 0 Å². The fraction of sp³-hybridized carbons (Fsp3) is 0.250. The average molecular weight is 363 g/mol. The number of nitrogens with two attached hydrogens (primary N) is 1. The Hall–Kier alpha value is -3.19. The number of hydrogen-bond donors (Lipinski definition) is 1. The highest BCUT2D eigenvalue weighted by atomic mass is 16.5. The molecule has 2 aromatic heterocycles. The Labute approximate surface area is 157 Å². The van der Waals surface area contributed by atoms with Crippen LogP contribution in [0.5, 0.6) is 11.5 Å². The lowest BCUT2D eigenvalue weighted by Gasteiger charge is -2.14. The SMILES string of the molecule is COc1ccc(OC2=NC(c3c(C)nc4ncc(CN)cn34)=CCC2)cc1. The van der Waals surface area contributed by atoms with Crippen molar-refractivity contribution in [2.24, 2.45) is 10.7 Å². The molecular formula is C20H21N5O2. The summed E-state index contributed by atoms with van der Waals surface area (Å²) in [7, 11) is 1.64. The number of aliphatic imine (C=N–C) groups is 1. The Morgan fingerprint density at radius 1 is 1.19 bits per heavy atom. The summed E-state index contributed by atoms with van der Waals surface area (Å²) >= 11 is 0. The first-order chi connectivity index (χ1) is 13.2. The van der Waals surface area contributed by atoms with E-state index in [4.69, 9.17) is 20.2 Å². The number of rotatable bonds is 4. The van der Waals surface area contributed by atoms with Crippen molar-refractivity contribution >= 4 is 17.4 Å². The fourth-order valence-corrected chi connectivity index (χ4v) is 3.07. The van der Waals surface area contributed by atoms with Gasteiger partial charge in [0.25, 0.3) is 0 Å². The summed E-state index contributed by atoms with van der Waals surface area (Å²) in [6.45, 7) is 2.38. The van der Waals surface area contributed by atoms with Crippen LogP contribution in [0.25, 0.3) is 11.5 Å². The molecule has 0 aliphatic carbocycles. The van der Waals surface area contributed by atoms with E-state index in [2.05, 4.69) is 16.0 Å². The normalized spacial score (nSPS) is 14.0. The van der Waals surface area contributed by atoms with E-state index in [1.807, 2.05) is 41.8 Å². The largest absolute Gasteiger partial charge is 0.497 e. The zero-order valence-electron chi connectivity index (χ0n) is 15.3. The number of imidazole rings is 1. The molecule has 0 unspecified atom stereocenters. The van der Waals surface area contributed by atoms with Crippen molar-refractivity contribution < 1.29 is 9.47 Å². The van der Waals surface area contributed by atoms with Crippen molar-refractivity contribution in [2.75, 3.05) is 7.11 Å². The molecule has 0 atom stereocenters. The van der Waals surface area contributed by atoms with Gasteiger partial charge in [-0.15, -0.1) is 0 Å². The van der Waals surface area contributed by atoms with Crippen LogP contribution in [-0.4, -0.2) is 27.4 Å². The van der Waals surface area contributed by atoms with E-state index in [1.165, 1.54) is 0 Å². The molecule has 0 saturated carbocycles. The molecule has 1 aliphatic rings. The van der Waals surface area contributed by atoms with Gasteiger partial charge in [-0.25, -0.2) is 15.0 Å². The van der Waals surface area contributed by atoms with E-state index in [-0.39, 0.29) is 0 Å². The molecule has 0 saturated heterocycles. The predicted molar refractivity (Wildman–Crippen MR) is 104 cm³/mol. The Morgan fingerprint density at radius 2 is 1.96 bits per heavy atom. The first-order valence-corrected chi connectivity index (χ1v) is 8.81. The molecule has 3 aromatic rings. The molecule has 3 heterocycles. The predicted octanol–water partition coefficient (Wildman–Crippen LogP) is 3.12. The molecule has 0 bridgehead atoms. The van der Waals surface area contributed by atoms with Crippen molar-refractivity contribution in [3.05, 3.63) is 59.7 Å². The smallest absolute Gasteiger partial charge is 0.234 e. The molecule has 7 heteroatoms. The third-order valence-electron chi connectivity index (χ3n) is 4.42. The Bertz CT molecular complexity index is 1030. The van der Waals surface area contributed by atoms with E-state index < -0.39 is 0 Å². The third-order valence-corrected chi connectivity index (χ3v) is 4.42. The molecule has 138 valence electrons. The average Bonchev–Trinajstić information content (AvgIpc) is 3.03. The van der Waals surface area contributed by atoms with Gasteiger partial charge in [-0.1, -0.05) is 6.08 Å². The molecule has 0 radical (unpaired) electrons. The quantitative estimate of drug-likeness (QED) is 0.769. The molecule has 0 amide bonds. The molecule has 2 N–H and O–H groups in total. The van der Waals surface area contributed by atoms with Gasteiger partial charge in [0.2, 0.25) is 5.78 Å². The van der Waals surface area contributed by atoms with E-state index >= 15 is 0 Å². The molecule has 27 heavy (non-hydrogen) atoms. The van der Waals surface area contributed by atoms with E-state index in [1.54, 1.807) is 13.3 Å². The Kier molecular flexibility index (Phi) is 4.60. The first kappa shape index (κ1) is 17.2. The molecule has 1 aromatic carbocycles. The van der Waals surface area contributed by atoms with Crippen LogP contribution in [0.15, 0.2) is 47.7 Å². The van der Waals surface area contributed by atoms with Gasteiger partial charge in [-0.05, 0) is 37.6 Å². The second kappa shape index (κ2) is 7.20. The molecule has 1 aliphatic heterocycles. The molecular weight excluding hydrogens is 342 g/mol. The lowest BCUT2D eigenvalue weighted by molar-refractivity contribution is 0.413. The Morgan fingerprint density at radius 3 is 2.70 bits per heavy atom. The summed E-state index contributed by atoms with van der Waals surface area (Å²) in [5.74, 6) is 2.84. The van der Waals surface area contributed by atoms with Crippen molar-refractivity contribution in [2.45, 2.75) is 26.3 Å². The van der Waals surface area contributed by atoms with Crippen LogP contribution in [0.3, 0.4) is 0 Å². The van der Waals surface area contributed by atoms with Gasteiger partial charge in [-0.3, -0.25) is 4.40 Å². The summed E-state index contributed by atoms with van der Waals surface area (Å²) in [5, 5.41) is 0. The van der Waals surface area contributed by atoms with Crippen LogP contribution in [0.2, 0.25) is 0 Å². The van der Waals surface area contributed by atoms with Gasteiger partial charge in [0, 0.05) is 30.9 Å². The van der Waals surface area contributed by atoms with Crippen LogP contribution in [0.1, 0.15) is 29.8 Å². The van der Waals surface area contributed by atoms with Crippen molar-refractivity contribution in [1.82, 2.24) is 14.4 Å². The standard InChI is InChI=1S/C20H21N5O2/c1-13-19(25-12-14(10-21)11-22-20(25)23-13)17-4-3-5-18(24-17)27-16-8-6-15(26-2)7-9-16/h4,6-9,11-12H,3,5,10,21H2,1-2H3. The van der Waals surface area contributed by atoms with Gasteiger partial charge in [-0.2, -0.15) is 0 Å². The number of hydrogen-bond acceptors (Lipinski definition) is 6. The zero-order chi connectivity index (χ0) is 18.8. The van der Waals surface area contributed by atoms with Crippen LogP contribution >= 0.6 is 0 Å². The van der Waals surface area contributed by atoms with Gasteiger partial charge < -0.3 is 15.2 Å². The maximum Gasteiger partial charge on any atom is 0.234 e. The fourth-order valence-electron chi connectivity index (χ4n) is 3.07. The Balaban J connectivity index is 1.66. The minimum atomic E-state index is 0.424. The number of methoxy groups -OCH3 is 1. The summed E-state index contributed by atoms with van der Waals surface area (Å²) in [4.78, 5) is 13.7. The van der Waals surface area contributed by atoms with E-state index in [0.29, 0.717) is 18.2 Å². The highest BCUT2D eigenvalue weighted by molar-refractivity contribution is 5.87. The topological polar surface area (TPSA) is 87.0 Å². The van der Waals surface area contributed by atoms with Gasteiger partial charge in [0.15, 0.2) is 5.90 Å². The summed E-state index contributed by atoms with van der Waals surface area (Å²) in [6.07, 6.45) is 7.42. The summed E-state index contributed by atoms with van der Waals surface area (Å²) in [5.41, 5.74) is 9.33. The second-order valence-corrected chi connectivity index (χ2v) is 6.29. The minimum Gasteiger partial charge on any atom is -0.497 e. The number of aromatic nitrogens is 3. The summed E-state index contributed by atoms with van der Waals surface area (Å²) in [6, 6.07) is 7.47. The van der Waals surface area contributed by atoms with Crippen LogP contribution in [0.4, 0.5) is 0 Å². The highest BCUT2D eigenvalue weighted by Gasteiger charge is 2.18. The first-order valence-electron chi connectivity index (χ1n) is 8.81. The van der Waals surface area contributed by atoms with Crippen LogP contribution in [0, 0.1) is 6.92 Å². The number of aryl methyl sites for hydroxylation is 1. The number of ether oxygens (including phenoxy) is 2. The summed E-state index contributed by atoms with van der Waals surface area (Å²) < 4.78 is 13.1. The molecule has 0 spiro atoms. The number of allylic oxidation sites excluding steroid dienone is 1. The minimum absolute atomic E-state index is 0.424. The second-order valence-electron chi connectivity index (χ2n) is 6.29. The molecule has 4 rings (SSSR count). The maximum absolute atomic E-state index is 5.97. The van der Waals surface area contributed by atoms with E-state index in [0.717, 1.165) is 47.0 Å². The number of fused-ring (bicyclic) bond motifs is 1. The number of benzene rings is 1. The van der Waals surface area contributed by atoms with E-state index in [9.17, 15) is 0 Å². The zero-order valence-corrected chi connectivity index (χ0v) is 15.3. The van der Waals surface area contributed by atoms with Crippen LogP contribution in [-0.2, 0) is 6.54 Å². The monoisotopic (exact) mass is 363 g/mol. The van der Waals surface area contributed by atoms with Crippen molar-refractivity contribution in [1.29, 1.82) is 0 Å². The number of nitrogens with zero attached hydrogens (tertiary/aromatic N) is 4. The lowest BCUT2D eigenvalue weighted by atomic mass is 10.1. The molecule has 0 fully saturated rings. The lowest BCUT2D eigenvalue weighted by Crippen LogP contribution is -2.12. The van der Waals surface area contributed by atoms with Gasteiger partial charge in [0.05, 0.1) is 24.2 Å². The molecule has 7 nitrogen and oxygen atoms in total.